The quantitative estimate of drug-likeness (QED) is 0.860. The molecule has 0 spiro atoms. The zero-order valence-electron chi connectivity index (χ0n) is 12.4. The molecule has 1 saturated carbocycles. The summed E-state index contributed by atoms with van der Waals surface area (Å²) in [4.78, 5) is 15.9. The Labute approximate surface area is 120 Å². The Morgan fingerprint density at radius 2 is 1.75 bits per heavy atom. The van der Waals surface area contributed by atoms with Crippen molar-refractivity contribution in [2.24, 2.45) is 0 Å². The summed E-state index contributed by atoms with van der Waals surface area (Å²) in [5, 5.41) is 6.69. The van der Waals surface area contributed by atoms with Gasteiger partial charge in [0.25, 0.3) is 0 Å². The summed E-state index contributed by atoms with van der Waals surface area (Å²) in [7, 11) is 0. The summed E-state index contributed by atoms with van der Waals surface area (Å²) in [6.45, 7) is 7.21. The molecule has 1 aliphatic heterocycles. The van der Waals surface area contributed by atoms with Crippen molar-refractivity contribution in [3.05, 3.63) is 0 Å². The van der Waals surface area contributed by atoms with Crippen molar-refractivity contribution < 1.29 is 0 Å². The predicted molar refractivity (Wildman–Crippen MR) is 81.3 cm³/mol. The van der Waals surface area contributed by atoms with Gasteiger partial charge < -0.3 is 15.5 Å². The summed E-state index contributed by atoms with van der Waals surface area (Å²) in [6, 6.07) is 0. The van der Waals surface area contributed by atoms with Crippen LogP contribution in [0.5, 0.6) is 0 Å². The monoisotopic (exact) mass is 276 g/mol. The molecule has 0 unspecified atom stereocenters. The third-order valence-electron chi connectivity index (χ3n) is 4.22. The molecule has 110 valence electrons. The van der Waals surface area contributed by atoms with Gasteiger partial charge in [0.05, 0.1) is 0 Å². The standard InChI is InChI=1S/C14H24N6/c1-3-15-11-16-12(19-14(2)7-6-8-14)18-13(17-11)20-9-4-5-10-20/h3-10H2,1-2H3,(H2,15,16,17,18,19). The van der Waals surface area contributed by atoms with Gasteiger partial charge in [0.2, 0.25) is 17.8 Å². The molecule has 1 aromatic rings. The maximum absolute atomic E-state index is 4.62. The van der Waals surface area contributed by atoms with E-state index in [0.717, 1.165) is 25.6 Å². The molecule has 1 aromatic heterocycles. The Kier molecular flexibility index (Phi) is 3.63. The number of hydrogen-bond donors (Lipinski definition) is 2. The lowest BCUT2D eigenvalue weighted by molar-refractivity contribution is 0.304. The average Bonchev–Trinajstić information content (AvgIpc) is 2.91. The summed E-state index contributed by atoms with van der Waals surface area (Å²) in [5.41, 5.74) is 0.160. The molecule has 1 saturated heterocycles. The molecule has 2 N–H and O–H groups in total. The van der Waals surface area contributed by atoms with Gasteiger partial charge in [-0.1, -0.05) is 0 Å². The highest BCUT2D eigenvalue weighted by Gasteiger charge is 2.32. The number of aromatic nitrogens is 3. The van der Waals surface area contributed by atoms with Gasteiger partial charge in [0, 0.05) is 25.2 Å². The summed E-state index contributed by atoms with van der Waals surface area (Å²) in [5.74, 6) is 2.19. The smallest absolute Gasteiger partial charge is 0.231 e. The fourth-order valence-electron chi connectivity index (χ4n) is 2.82. The highest BCUT2D eigenvalue weighted by Crippen LogP contribution is 2.34. The Morgan fingerprint density at radius 3 is 2.35 bits per heavy atom. The molecule has 6 heteroatoms. The van der Waals surface area contributed by atoms with Gasteiger partial charge in [0.15, 0.2) is 0 Å². The SMILES string of the molecule is CCNc1nc(NC2(C)CCC2)nc(N2CCCC2)n1. The molecule has 2 heterocycles. The van der Waals surface area contributed by atoms with Gasteiger partial charge >= 0.3 is 0 Å². The van der Waals surface area contributed by atoms with E-state index in [9.17, 15) is 0 Å². The van der Waals surface area contributed by atoms with Crippen molar-refractivity contribution >= 4 is 17.8 Å². The summed E-state index contributed by atoms with van der Waals surface area (Å²) >= 11 is 0. The zero-order valence-corrected chi connectivity index (χ0v) is 12.4. The molecule has 0 atom stereocenters. The van der Waals surface area contributed by atoms with Crippen LogP contribution >= 0.6 is 0 Å². The summed E-state index contributed by atoms with van der Waals surface area (Å²) < 4.78 is 0. The Bertz CT molecular complexity index is 465. The maximum Gasteiger partial charge on any atom is 0.231 e. The first-order valence-corrected chi connectivity index (χ1v) is 7.72. The molecule has 1 aliphatic carbocycles. The van der Waals surface area contributed by atoms with E-state index in [-0.39, 0.29) is 5.54 Å². The third-order valence-corrected chi connectivity index (χ3v) is 4.22. The van der Waals surface area contributed by atoms with Crippen LogP contribution in [-0.4, -0.2) is 40.1 Å². The molecular formula is C14H24N6. The van der Waals surface area contributed by atoms with Crippen LogP contribution in [0.25, 0.3) is 0 Å². The molecule has 3 rings (SSSR count). The number of anilines is 3. The normalized spacial score (nSPS) is 20.6. The van der Waals surface area contributed by atoms with E-state index in [2.05, 4.69) is 44.3 Å². The van der Waals surface area contributed by atoms with E-state index in [1.807, 2.05) is 0 Å². The molecule has 0 amide bonds. The number of hydrogen-bond acceptors (Lipinski definition) is 6. The van der Waals surface area contributed by atoms with E-state index in [1.165, 1.54) is 32.1 Å². The van der Waals surface area contributed by atoms with Crippen LogP contribution in [0.2, 0.25) is 0 Å². The number of rotatable bonds is 5. The van der Waals surface area contributed by atoms with E-state index < -0.39 is 0 Å². The predicted octanol–water partition coefficient (Wildman–Crippen LogP) is 2.26. The molecule has 0 radical (unpaired) electrons. The van der Waals surface area contributed by atoms with Crippen LogP contribution in [-0.2, 0) is 0 Å². The highest BCUT2D eigenvalue weighted by molar-refractivity contribution is 5.45. The number of nitrogens with one attached hydrogen (secondary N) is 2. The van der Waals surface area contributed by atoms with E-state index in [0.29, 0.717) is 11.9 Å². The van der Waals surface area contributed by atoms with Crippen LogP contribution < -0.4 is 15.5 Å². The fraction of sp³-hybridized carbons (Fsp3) is 0.786. The van der Waals surface area contributed by atoms with Gasteiger partial charge in [-0.25, -0.2) is 0 Å². The van der Waals surface area contributed by atoms with Gasteiger partial charge in [-0.3, -0.25) is 0 Å². The van der Waals surface area contributed by atoms with E-state index in [4.69, 9.17) is 0 Å². The Morgan fingerprint density at radius 1 is 1.05 bits per heavy atom. The lowest BCUT2D eigenvalue weighted by Gasteiger charge is -2.39. The third kappa shape index (κ3) is 2.78. The van der Waals surface area contributed by atoms with Crippen LogP contribution in [0.3, 0.4) is 0 Å². The lowest BCUT2D eigenvalue weighted by atomic mass is 9.79. The first-order chi connectivity index (χ1) is 9.68. The van der Waals surface area contributed by atoms with Crippen molar-refractivity contribution in [1.29, 1.82) is 0 Å². The molecule has 20 heavy (non-hydrogen) atoms. The topological polar surface area (TPSA) is 66.0 Å². The summed E-state index contributed by atoms with van der Waals surface area (Å²) in [6.07, 6.45) is 6.11. The minimum Gasteiger partial charge on any atom is -0.354 e. The first kappa shape index (κ1) is 13.4. The minimum absolute atomic E-state index is 0.160. The minimum atomic E-state index is 0.160. The second kappa shape index (κ2) is 5.42. The van der Waals surface area contributed by atoms with Crippen LogP contribution in [0.15, 0.2) is 0 Å². The average molecular weight is 276 g/mol. The fourth-order valence-corrected chi connectivity index (χ4v) is 2.82. The van der Waals surface area contributed by atoms with Crippen molar-refractivity contribution in [2.75, 3.05) is 35.2 Å². The molecule has 6 nitrogen and oxygen atoms in total. The molecule has 2 fully saturated rings. The molecule has 0 bridgehead atoms. The van der Waals surface area contributed by atoms with Crippen LogP contribution in [0.4, 0.5) is 17.8 Å². The Hall–Kier alpha value is -1.59. The van der Waals surface area contributed by atoms with Crippen molar-refractivity contribution in [3.63, 3.8) is 0 Å². The lowest BCUT2D eigenvalue weighted by Crippen LogP contribution is -2.42. The van der Waals surface area contributed by atoms with E-state index >= 15 is 0 Å². The van der Waals surface area contributed by atoms with E-state index in [1.54, 1.807) is 0 Å². The zero-order chi connectivity index (χ0) is 14.0. The van der Waals surface area contributed by atoms with Crippen LogP contribution in [0.1, 0.15) is 46.0 Å². The first-order valence-electron chi connectivity index (χ1n) is 7.72. The maximum atomic E-state index is 4.62. The van der Waals surface area contributed by atoms with Gasteiger partial charge in [-0.05, 0) is 46.0 Å². The van der Waals surface area contributed by atoms with Crippen molar-refractivity contribution in [1.82, 2.24) is 15.0 Å². The van der Waals surface area contributed by atoms with Crippen molar-refractivity contribution in [2.45, 2.75) is 51.5 Å². The van der Waals surface area contributed by atoms with Gasteiger partial charge in [0.1, 0.15) is 0 Å². The highest BCUT2D eigenvalue weighted by atomic mass is 15.3. The molecule has 0 aromatic carbocycles. The largest absolute Gasteiger partial charge is 0.354 e. The van der Waals surface area contributed by atoms with Gasteiger partial charge in [-0.15, -0.1) is 0 Å². The Balaban J connectivity index is 1.83. The van der Waals surface area contributed by atoms with Crippen LogP contribution in [0, 0.1) is 0 Å². The van der Waals surface area contributed by atoms with Gasteiger partial charge in [-0.2, -0.15) is 15.0 Å². The molecule has 2 aliphatic rings. The second-order valence-electron chi connectivity index (χ2n) is 6.05. The second-order valence-corrected chi connectivity index (χ2v) is 6.05. The van der Waals surface area contributed by atoms with Crippen molar-refractivity contribution in [3.8, 4) is 0 Å². The number of nitrogens with zero attached hydrogens (tertiary/aromatic N) is 4. The molecular weight excluding hydrogens is 252 g/mol.